The van der Waals surface area contributed by atoms with Crippen LogP contribution in [-0.2, 0) is 4.79 Å². The van der Waals surface area contributed by atoms with Crippen molar-refractivity contribution in [2.75, 3.05) is 0 Å². The molecular formula is C12H17N3O3S. The summed E-state index contributed by atoms with van der Waals surface area (Å²) >= 11 is 1.36. The van der Waals surface area contributed by atoms with Crippen LogP contribution in [0.5, 0.6) is 0 Å². The van der Waals surface area contributed by atoms with Crippen molar-refractivity contribution in [3.05, 3.63) is 16.1 Å². The van der Waals surface area contributed by atoms with Crippen molar-refractivity contribution in [2.24, 2.45) is 11.7 Å². The normalized spacial score (nSPS) is 24.1. The Balaban J connectivity index is 1.92. The lowest BCUT2D eigenvalue weighted by molar-refractivity contribution is -0.141. The van der Waals surface area contributed by atoms with Crippen molar-refractivity contribution >= 4 is 23.2 Å². The lowest BCUT2D eigenvalue weighted by Gasteiger charge is -2.11. The summed E-state index contributed by atoms with van der Waals surface area (Å²) in [5.74, 6) is -1.39. The highest BCUT2D eigenvalue weighted by Gasteiger charge is 2.31. The van der Waals surface area contributed by atoms with Gasteiger partial charge in [0.15, 0.2) is 0 Å². The molecule has 19 heavy (non-hydrogen) atoms. The molecule has 4 N–H and O–H groups in total. The molecule has 1 aliphatic rings. The highest BCUT2D eigenvalue weighted by molar-refractivity contribution is 7.09. The summed E-state index contributed by atoms with van der Waals surface area (Å²) in [6, 6.07) is -0.261. The Hall–Kier alpha value is -1.47. The molecular weight excluding hydrogens is 266 g/mol. The molecule has 2 rings (SSSR count). The van der Waals surface area contributed by atoms with Crippen molar-refractivity contribution < 1.29 is 14.7 Å². The number of nitrogens with two attached hydrogens (primary N) is 1. The van der Waals surface area contributed by atoms with E-state index in [2.05, 4.69) is 10.3 Å². The Morgan fingerprint density at radius 2 is 2.32 bits per heavy atom. The molecule has 0 aromatic carbocycles. The zero-order valence-corrected chi connectivity index (χ0v) is 11.4. The molecule has 1 aromatic heterocycles. The first-order valence-corrected chi connectivity index (χ1v) is 7.10. The van der Waals surface area contributed by atoms with E-state index in [-0.39, 0.29) is 23.9 Å². The van der Waals surface area contributed by atoms with Gasteiger partial charge in [0.1, 0.15) is 10.7 Å². The Bertz CT molecular complexity index is 486. The Kier molecular flexibility index (Phi) is 4.16. The third kappa shape index (κ3) is 3.30. The number of nitrogens with zero attached hydrogens (tertiary/aromatic N) is 1. The van der Waals surface area contributed by atoms with Gasteiger partial charge in [-0.25, -0.2) is 4.98 Å². The number of thiazole rings is 1. The van der Waals surface area contributed by atoms with Gasteiger partial charge in [0.25, 0.3) is 5.91 Å². The van der Waals surface area contributed by atoms with Crippen molar-refractivity contribution in [3.63, 3.8) is 0 Å². The maximum Gasteiger partial charge on any atom is 0.306 e. The first kappa shape index (κ1) is 14.0. The number of hydrogen-bond donors (Lipinski definition) is 3. The fourth-order valence-corrected chi connectivity index (χ4v) is 2.96. The predicted octanol–water partition coefficient (Wildman–Crippen LogP) is 1.15. The number of aromatic nitrogens is 1. The number of carbonyl (C=O) groups is 2. The summed E-state index contributed by atoms with van der Waals surface area (Å²) in [5, 5.41) is 14.1. The molecule has 1 unspecified atom stereocenters. The SMILES string of the molecule is CC(N)c1nc(C(=O)N[C@H]2CC[C@@H](C(=O)O)C2)cs1. The van der Waals surface area contributed by atoms with Crippen LogP contribution in [0.15, 0.2) is 5.38 Å². The first-order chi connectivity index (χ1) is 8.97. The van der Waals surface area contributed by atoms with Crippen LogP contribution in [0, 0.1) is 5.92 Å². The maximum atomic E-state index is 12.0. The number of amides is 1. The molecule has 0 bridgehead atoms. The van der Waals surface area contributed by atoms with E-state index in [0.29, 0.717) is 25.0 Å². The standard InChI is InChI=1S/C12H17N3O3S/c1-6(13)11-15-9(5-19-11)10(16)14-8-3-2-7(4-8)12(17)18/h5-8H,2-4,13H2,1H3,(H,14,16)(H,17,18)/t6?,7-,8+/m1/s1. The molecule has 1 heterocycles. The van der Waals surface area contributed by atoms with Gasteiger partial charge < -0.3 is 16.2 Å². The number of hydrogen-bond acceptors (Lipinski definition) is 5. The van der Waals surface area contributed by atoms with E-state index in [1.54, 1.807) is 5.38 Å². The monoisotopic (exact) mass is 283 g/mol. The number of nitrogens with one attached hydrogen (secondary N) is 1. The van der Waals surface area contributed by atoms with Gasteiger partial charge in [0, 0.05) is 11.4 Å². The number of aliphatic carboxylic acids is 1. The van der Waals surface area contributed by atoms with Crippen LogP contribution in [0.25, 0.3) is 0 Å². The van der Waals surface area contributed by atoms with E-state index in [4.69, 9.17) is 10.8 Å². The van der Waals surface area contributed by atoms with Crippen molar-refractivity contribution in [1.29, 1.82) is 0 Å². The van der Waals surface area contributed by atoms with Crippen LogP contribution >= 0.6 is 11.3 Å². The average Bonchev–Trinajstić information content (AvgIpc) is 2.96. The maximum absolute atomic E-state index is 12.0. The fraction of sp³-hybridized carbons (Fsp3) is 0.583. The van der Waals surface area contributed by atoms with Gasteiger partial charge in [0.2, 0.25) is 0 Å². The van der Waals surface area contributed by atoms with Gasteiger partial charge in [-0.2, -0.15) is 0 Å². The number of carboxylic acid groups (broad SMARTS) is 1. The minimum absolute atomic E-state index is 0.0750. The third-order valence-corrected chi connectivity index (χ3v) is 4.31. The summed E-state index contributed by atoms with van der Waals surface area (Å²) < 4.78 is 0. The number of carboxylic acids is 1. The summed E-state index contributed by atoms with van der Waals surface area (Å²) in [7, 11) is 0. The van der Waals surface area contributed by atoms with Crippen LogP contribution in [0.1, 0.15) is 47.7 Å². The van der Waals surface area contributed by atoms with Crippen molar-refractivity contribution in [2.45, 2.75) is 38.3 Å². The highest BCUT2D eigenvalue weighted by Crippen LogP contribution is 2.26. The third-order valence-electron chi connectivity index (χ3n) is 3.26. The summed E-state index contributed by atoms with van der Waals surface area (Å²) in [4.78, 5) is 27.0. The highest BCUT2D eigenvalue weighted by atomic mass is 32.1. The summed E-state index contributed by atoms with van der Waals surface area (Å²) in [6.07, 6.45) is 1.81. The smallest absolute Gasteiger partial charge is 0.306 e. The van der Waals surface area contributed by atoms with E-state index >= 15 is 0 Å². The molecule has 1 aromatic rings. The van der Waals surface area contributed by atoms with Crippen molar-refractivity contribution in [1.82, 2.24) is 10.3 Å². The summed E-state index contributed by atoms with van der Waals surface area (Å²) in [6.45, 7) is 1.81. The molecule has 1 saturated carbocycles. The minimum atomic E-state index is -0.787. The second-order valence-corrected chi connectivity index (χ2v) is 5.77. The minimum Gasteiger partial charge on any atom is -0.481 e. The molecule has 0 saturated heterocycles. The second kappa shape index (κ2) is 5.66. The van der Waals surface area contributed by atoms with Gasteiger partial charge >= 0.3 is 5.97 Å². The zero-order valence-electron chi connectivity index (χ0n) is 10.6. The van der Waals surface area contributed by atoms with Crippen molar-refractivity contribution in [3.8, 4) is 0 Å². The molecule has 1 amide bonds. The molecule has 7 heteroatoms. The van der Waals surface area contributed by atoms with Gasteiger partial charge in [0.05, 0.1) is 12.0 Å². The lowest BCUT2D eigenvalue weighted by Crippen LogP contribution is -2.33. The van der Waals surface area contributed by atoms with E-state index < -0.39 is 5.97 Å². The second-order valence-electron chi connectivity index (χ2n) is 4.88. The molecule has 0 spiro atoms. The number of rotatable bonds is 4. The zero-order chi connectivity index (χ0) is 14.0. The molecule has 1 fully saturated rings. The van der Waals surface area contributed by atoms with Crippen LogP contribution in [-0.4, -0.2) is 28.0 Å². The fourth-order valence-electron chi connectivity index (χ4n) is 2.20. The van der Waals surface area contributed by atoms with E-state index in [1.807, 2.05) is 6.92 Å². The average molecular weight is 283 g/mol. The van der Waals surface area contributed by atoms with Gasteiger partial charge in [-0.15, -0.1) is 11.3 Å². The van der Waals surface area contributed by atoms with Gasteiger partial charge in [-0.05, 0) is 26.2 Å². The van der Waals surface area contributed by atoms with E-state index in [0.717, 1.165) is 5.01 Å². The van der Waals surface area contributed by atoms with E-state index in [9.17, 15) is 9.59 Å². The predicted molar refractivity (Wildman–Crippen MR) is 70.9 cm³/mol. The Labute approximate surface area is 115 Å². The lowest BCUT2D eigenvalue weighted by atomic mass is 10.1. The molecule has 0 aliphatic heterocycles. The van der Waals surface area contributed by atoms with Gasteiger partial charge in [-0.3, -0.25) is 9.59 Å². The molecule has 104 valence electrons. The molecule has 1 aliphatic carbocycles. The summed E-state index contributed by atoms with van der Waals surface area (Å²) in [5.41, 5.74) is 6.05. The van der Waals surface area contributed by atoms with Crippen LogP contribution in [0.4, 0.5) is 0 Å². The van der Waals surface area contributed by atoms with Crippen LogP contribution in [0.3, 0.4) is 0 Å². The Morgan fingerprint density at radius 1 is 1.58 bits per heavy atom. The molecule has 3 atom stereocenters. The quantitative estimate of drug-likeness (QED) is 0.768. The topological polar surface area (TPSA) is 105 Å². The van der Waals surface area contributed by atoms with Crippen LogP contribution < -0.4 is 11.1 Å². The van der Waals surface area contributed by atoms with E-state index in [1.165, 1.54) is 11.3 Å². The number of carbonyl (C=O) groups excluding carboxylic acids is 1. The van der Waals surface area contributed by atoms with Gasteiger partial charge in [-0.1, -0.05) is 0 Å². The van der Waals surface area contributed by atoms with Crippen LogP contribution in [0.2, 0.25) is 0 Å². The molecule has 0 radical (unpaired) electrons. The first-order valence-electron chi connectivity index (χ1n) is 6.22. The largest absolute Gasteiger partial charge is 0.481 e. The Morgan fingerprint density at radius 3 is 2.84 bits per heavy atom. The molecule has 6 nitrogen and oxygen atoms in total.